The van der Waals surface area contributed by atoms with Crippen molar-refractivity contribution in [3.63, 3.8) is 0 Å². The second-order valence-electron chi connectivity index (χ2n) is 5.34. The van der Waals surface area contributed by atoms with Gasteiger partial charge in [-0.05, 0) is 35.7 Å². The Balaban J connectivity index is 2.06. The summed E-state index contributed by atoms with van der Waals surface area (Å²) < 4.78 is 5.16. The predicted molar refractivity (Wildman–Crippen MR) is 87.0 cm³/mol. The molecule has 0 bridgehead atoms. The Morgan fingerprint density at radius 3 is 2.45 bits per heavy atom. The second kappa shape index (κ2) is 7.45. The fraction of sp³-hybridized carbons (Fsp3) is 0.294. The molecule has 0 aliphatic carbocycles. The molecule has 116 valence electrons. The van der Waals surface area contributed by atoms with E-state index in [1.54, 1.807) is 31.6 Å². The summed E-state index contributed by atoms with van der Waals surface area (Å²) in [7, 11) is 1.63. The quantitative estimate of drug-likeness (QED) is 0.886. The Hall–Kier alpha value is -2.56. The van der Waals surface area contributed by atoms with Crippen LogP contribution in [0.2, 0.25) is 0 Å². The number of urea groups is 1. The molecule has 0 aliphatic heterocycles. The molecule has 2 aromatic rings. The Kier molecular flexibility index (Phi) is 5.36. The number of carbonyl (C=O) groups is 1. The molecule has 1 aromatic heterocycles. The van der Waals surface area contributed by atoms with Crippen molar-refractivity contribution in [2.75, 3.05) is 12.4 Å². The minimum absolute atomic E-state index is 0.0809. The summed E-state index contributed by atoms with van der Waals surface area (Å²) in [6.45, 7) is 4.14. The monoisotopic (exact) mass is 299 g/mol. The van der Waals surface area contributed by atoms with E-state index in [1.807, 2.05) is 24.3 Å². The summed E-state index contributed by atoms with van der Waals surface area (Å²) in [6.07, 6.45) is 3.27. The van der Waals surface area contributed by atoms with E-state index in [0.717, 1.165) is 11.3 Å². The number of hydrogen-bond donors (Lipinski definition) is 2. The third kappa shape index (κ3) is 4.22. The largest absolute Gasteiger partial charge is 0.497 e. The van der Waals surface area contributed by atoms with Crippen LogP contribution in [0.15, 0.2) is 48.8 Å². The summed E-state index contributed by atoms with van der Waals surface area (Å²) in [5, 5.41) is 5.78. The van der Waals surface area contributed by atoms with Crippen LogP contribution in [-0.2, 0) is 0 Å². The van der Waals surface area contributed by atoms with E-state index in [2.05, 4.69) is 29.5 Å². The second-order valence-corrected chi connectivity index (χ2v) is 5.34. The molecule has 0 spiro atoms. The standard InChI is InChI=1S/C17H21N3O2/c1-12(2)16(13-6-8-15(22-3)9-7-13)20-17(21)19-14-5-4-10-18-11-14/h4-12,16H,1-3H3,(H2,19,20,21). The zero-order valence-corrected chi connectivity index (χ0v) is 13.0. The highest BCUT2D eigenvalue weighted by Crippen LogP contribution is 2.24. The molecule has 0 fully saturated rings. The van der Waals surface area contributed by atoms with E-state index in [9.17, 15) is 4.79 Å². The van der Waals surface area contributed by atoms with Crippen LogP contribution in [0.1, 0.15) is 25.5 Å². The number of anilines is 1. The summed E-state index contributed by atoms with van der Waals surface area (Å²) in [6, 6.07) is 11.0. The Bertz CT molecular complexity index is 597. The molecule has 0 radical (unpaired) electrons. The van der Waals surface area contributed by atoms with Crippen LogP contribution in [0.5, 0.6) is 5.75 Å². The van der Waals surface area contributed by atoms with Gasteiger partial charge in [0.2, 0.25) is 0 Å². The number of amides is 2. The van der Waals surface area contributed by atoms with Crippen molar-refractivity contribution in [1.29, 1.82) is 0 Å². The van der Waals surface area contributed by atoms with Crippen molar-refractivity contribution >= 4 is 11.7 Å². The average Bonchev–Trinajstić information content (AvgIpc) is 2.53. The van der Waals surface area contributed by atoms with Gasteiger partial charge in [-0.1, -0.05) is 26.0 Å². The summed E-state index contributed by atoms with van der Waals surface area (Å²) in [5.74, 6) is 1.05. The molecule has 1 heterocycles. The molecule has 0 saturated carbocycles. The maximum atomic E-state index is 12.1. The lowest BCUT2D eigenvalue weighted by atomic mass is 9.96. The van der Waals surface area contributed by atoms with E-state index in [4.69, 9.17) is 4.74 Å². The summed E-state index contributed by atoms with van der Waals surface area (Å²) in [4.78, 5) is 16.1. The van der Waals surface area contributed by atoms with Gasteiger partial charge in [-0.3, -0.25) is 4.98 Å². The first-order valence-corrected chi connectivity index (χ1v) is 7.21. The molecule has 2 N–H and O–H groups in total. The predicted octanol–water partition coefficient (Wildman–Crippen LogP) is 3.61. The third-order valence-electron chi connectivity index (χ3n) is 3.35. The lowest BCUT2D eigenvalue weighted by Gasteiger charge is -2.23. The van der Waals surface area contributed by atoms with Gasteiger partial charge in [0.15, 0.2) is 0 Å². The van der Waals surface area contributed by atoms with Gasteiger partial charge >= 0.3 is 6.03 Å². The van der Waals surface area contributed by atoms with Gasteiger partial charge in [0.25, 0.3) is 0 Å². The minimum atomic E-state index is -0.248. The zero-order chi connectivity index (χ0) is 15.9. The first-order chi connectivity index (χ1) is 10.6. The number of hydrogen-bond acceptors (Lipinski definition) is 3. The van der Waals surface area contributed by atoms with Crippen molar-refractivity contribution in [3.05, 3.63) is 54.4 Å². The number of ether oxygens (including phenoxy) is 1. The van der Waals surface area contributed by atoms with Crippen LogP contribution in [0.25, 0.3) is 0 Å². The van der Waals surface area contributed by atoms with Crippen LogP contribution in [-0.4, -0.2) is 18.1 Å². The van der Waals surface area contributed by atoms with Gasteiger partial charge in [-0.15, -0.1) is 0 Å². The highest BCUT2D eigenvalue weighted by molar-refractivity contribution is 5.89. The number of aromatic nitrogens is 1. The molecular weight excluding hydrogens is 278 g/mol. The van der Waals surface area contributed by atoms with Gasteiger partial charge in [0, 0.05) is 6.20 Å². The fourth-order valence-corrected chi connectivity index (χ4v) is 2.19. The number of pyridine rings is 1. The van der Waals surface area contributed by atoms with Gasteiger partial charge < -0.3 is 15.4 Å². The van der Waals surface area contributed by atoms with E-state index in [0.29, 0.717) is 5.69 Å². The average molecular weight is 299 g/mol. The van der Waals surface area contributed by atoms with Crippen LogP contribution < -0.4 is 15.4 Å². The van der Waals surface area contributed by atoms with Gasteiger partial charge in [-0.25, -0.2) is 4.79 Å². The number of methoxy groups -OCH3 is 1. The zero-order valence-electron chi connectivity index (χ0n) is 13.0. The molecule has 2 amide bonds. The van der Waals surface area contributed by atoms with E-state index >= 15 is 0 Å². The number of benzene rings is 1. The van der Waals surface area contributed by atoms with Crippen LogP contribution in [0.3, 0.4) is 0 Å². The Morgan fingerprint density at radius 2 is 1.91 bits per heavy atom. The molecule has 22 heavy (non-hydrogen) atoms. The topological polar surface area (TPSA) is 63.2 Å². The maximum Gasteiger partial charge on any atom is 0.319 e. The van der Waals surface area contributed by atoms with Crippen molar-refractivity contribution < 1.29 is 9.53 Å². The number of nitrogens with one attached hydrogen (secondary N) is 2. The molecule has 1 aromatic carbocycles. The maximum absolute atomic E-state index is 12.1. The van der Waals surface area contributed by atoms with Crippen LogP contribution in [0.4, 0.5) is 10.5 Å². The van der Waals surface area contributed by atoms with E-state index < -0.39 is 0 Å². The van der Waals surface area contributed by atoms with Crippen LogP contribution >= 0.6 is 0 Å². The Labute approximate surface area is 130 Å². The van der Waals surface area contributed by atoms with E-state index in [1.165, 1.54) is 0 Å². The molecule has 1 atom stereocenters. The van der Waals surface area contributed by atoms with E-state index in [-0.39, 0.29) is 18.0 Å². The van der Waals surface area contributed by atoms with Crippen molar-refractivity contribution in [3.8, 4) is 5.75 Å². The molecule has 5 nitrogen and oxygen atoms in total. The van der Waals surface area contributed by atoms with Crippen molar-refractivity contribution in [2.24, 2.45) is 5.92 Å². The fourth-order valence-electron chi connectivity index (χ4n) is 2.19. The Morgan fingerprint density at radius 1 is 1.18 bits per heavy atom. The lowest BCUT2D eigenvalue weighted by Crippen LogP contribution is -2.35. The number of rotatable bonds is 5. The SMILES string of the molecule is COc1ccc(C(NC(=O)Nc2cccnc2)C(C)C)cc1. The molecule has 1 unspecified atom stereocenters. The summed E-state index contributed by atoms with van der Waals surface area (Å²) in [5.41, 5.74) is 1.70. The molecule has 0 saturated heterocycles. The van der Waals surface area contributed by atoms with Gasteiger partial charge in [0.05, 0.1) is 25.0 Å². The normalized spacial score (nSPS) is 11.8. The molecule has 5 heteroatoms. The van der Waals surface area contributed by atoms with Crippen LogP contribution in [0, 0.1) is 5.92 Å². The minimum Gasteiger partial charge on any atom is -0.497 e. The number of carbonyl (C=O) groups excluding carboxylic acids is 1. The van der Waals surface area contributed by atoms with Gasteiger partial charge in [-0.2, -0.15) is 0 Å². The first-order valence-electron chi connectivity index (χ1n) is 7.21. The highest BCUT2D eigenvalue weighted by atomic mass is 16.5. The first kappa shape index (κ1) is 15.8. The lowest BCUT2D eigenvalue weighted by molar-refractivity contribution is 0.244. The number of nitrogens with zero attached hydrogens (tertiary/aromatic N) is 1. The van der Waals surface area contributed by atoms with Gasteiger partial charge in [0.1, 0.15) is 5.75 Å². The third-order valence-corrected chi connectivity index (χ3v) is 3.35. The molecule has 0 aliphatic rings. The highest BCUT2D eigenvalue weighted by Gasteiger charge is 2.18. The van der Waals surface area contributed by atoms with Crippen molar-refractivity contribution in [2.45, 2.75) is 19.9 Å². The molecule has 2 rings (SSSR count). The smallest absolute Gasteiger partial charge is 0.319 e. The van der Waals surface area contributed by atoms with Crippen molar-refractivity contribution in [1.82, 2.24) is 10.3 Å². The summed E-state index contributed by atoms with van der Waals surface area (Å²) >= 11 is 0. The molecular formula is C17H21N3O2.